The molecule has 1 aliphatic heterocycles. The fourth-order valence-electron chi connectivity index (χ4n) is 2.80. The third-order valence-corrected chi connectivity index (χ3v) is 4.51. The number of nitrogens with one attached hydrogen (secondary N) is 1. The van der Waals surface area contributed by atoms with Gasteiger partial charge in [0.25, 0.3) is 0 Å². The second kappa shape index (κ2) is 5.66. The smallest absolute Gasteiger partial charge is 0.125 e. The molecular formula is C14H18Cl2FN. The first kappa shape index (κ1) is 14.0. The Kier molecular flexibility index (Phi) is 4.39. The molecule has 1 N–H and O–H groups in total. The molecule has 1 aliphatic rings. The number of hydrogen-bond donors (Lipinski definition) is 1. The maximum Gasteiger partial charge on any atom is 0.125 e. The predicted octanol–water partition coefficient (Wildman–Crippen LogP) is 4.96. The van der Waals surface area contributed by atoms with E-state index in [4.69, 9.17) is 23.2 Å². The van der Waals surface area contributed by atoms with Crippen LogP contribution in [0.15, 0.2) is 12.1 Å². The van der Waals surface area contributed by atoms with E-state index < -0.39 is 0 Å². The molecule has 0 bridgehead atoms. The summed E-state index contributed by atoms with van der Waals surface area (Å²) in [6.45, 7) is 2.99. The maximum atomic E-state index is 13.6. The average molecular weight is 290 g/mol. The number of halogens is 3. The standard InChI is InChI=1S/C14H18Cl2FN/c1-2-14(5-3-4-6-15)9-18-13-11(14)7-10(17)8-12(13)16/h7-8,18H,2-6,9H2,1H3. The Labute approximate surface area is 118 Å². The van der Waals surface area contributed by atoms with E-state index >= 15 is 0 Å². The van der Waals surface area contributed by atoms with Crippen LogP contribution < -0.4 is 5.32 Å². The van der Waals surface area contributed by atoms with Gasteiger partial charge in [-0.15, -0.1) is 11.6 Å². The normalized spacial score (nSPS) is 21.8. The second-order valence-electron chi connectivity index (χ2n) is 4.94. The van der Waals surface area contributed by atoms with Gasteiger partial charge in [0.15, 0.2) is 0 Å². The summed E-state index contributed by atoms with van der Waals surface area (Å²) in [5.41, 5.74) is 1.95. The fourth-order valence-corrected chi connectivity index (χ4v) is 3.26. The summed E-state index contributed by atoms with van der Waals surface area (Å²) in [6.07, 6.45) is 4.07. The molecule has 0 saturated carbocycles. The molecule has 0 saturated heterocycles. The van der Waals surface area contributed by atoms with Crippen LogP contribution in [0, 0.1) is 5.82 Å². The van der Waals surface area contributed by atoms with E-state index in [9.17, 15) is 4.39 Å². The Morgan fingerprint density at radius 1 is 1.39 bits per heavy atom. The Balaban J connectivity index is 2.31. The van der Waals surface area contributed by atoms with Gasteiger partial charge >= 0.3 is 0 Å². The molecule has 1 nitrogen and oxygen atoms in total. The van der Waals surface area contributed by atoms with Gasteiger partial charge in [0.1, 0.15) is 5.82 Å². The van der Waals surface area contributed by atoms with Crippen molar-refractivity contribution in [1.82, 2.24) is 0 Å². The third kappa shape index (κ3) is 2.46. The number of hydrogen-bond acceptors (Lipinski definition) is 1. The molecule has 1 aromatic rings. The summed E-state index contributed by atoms with van der Waals surface area (Å²) in [7, 11) is 0. The van der Waals surface area contributed by atoms with Crippen LogP contribution in [0.4, 0.5) is 10.1 Å². The molecule has 0 aromatic heterocycles. The van der Waals surface area contributed by atoms with Crippen LogP contribution in [0.2, 0.25) is 5.02 Å². The van der Waals surface area contributed by atoms with Crippen molar-refractivity contribution in [2.24, 2.45) is 0 Å². The lowest BCUT2D eigenvalue weighted by Crippen LogP contribution is -2.27. The molecule has 4 heteroatoms. The van der Waals surface area contributed by atoms with E-state index in [1.165, 1.54) is 6.07 Å². The highest BCUT2D eigenvalue weighted by Gasteiger charge is 2.38. The quantitative estimate of drug-likeness (QED) is 0.597. The summed E-state index contributed by atoms with van der Waals surface area (Å²) in [4.78, 5) is 0. The van der Waals surface area contributed by atoms with Gasteiger partial charge in [0.2, 0.25) is 0 Å². The van der Waals surface area contributed by atoms with Gasteiger partial charge in [-0.2, -0.15) is 0 Å². The highest BCUT2D eigenvalue weighted by molar-refractivity contribution is 6.33. The van der Waals surface area contributed by atoms with Crippen LogP contribution in [0.3, 0.4) is 0 Å². The number of benzene rings is 1. The minimum atomic E-state index is -0.252. The monoisotopic (exact) mass is 289 g/mol. The number of anilines is 1. The number of rotatable bonds is 5. The Morgan fingerprint density at radius 2 is 2.17 bits per heavy atom. The maximum absolute atomic E-state index is 13.6. The molecule has 1 heterocycles. The van der Waals surface area contributed by atoms with Crippen molar-refractivity contribution in [2.75, 3.05) is 17.7 Å². The van der Waals surface area contributed by atoms with E-state index in [1.54, 1.807) is 6.07 Å². The highest BCUT2D eigenvalue weighted by atomic mass is 35.5. The van der Waals surface area contributed by atoms with Gasteiger partial charge in [-0.1, -0.05) is 24.9 Å². The summed E-state index contributed by atoms with van der Waals surface area (Å²) in [6, 6.07) is 3.00. The largest absolute Gasteiger partial charge is 0.383 e. The van der Waals surface area contributed by atoms with E-state index in [0.29, 0.717) is 10.9 Å². The summed E-state index contributed by atoms with van der Waals surface area (Å²) in [5.74, 6) is 0.432. The molecule has 0 spiro atoms. The lowest BCUT2D eigenvalue weighted by atomic mass is 9.76. The van der Waals surface area contributed by atoms with E-state index in [1.807, 2.05) is 0 Å². The van der Waals surface area contributed by atoms with Crippen LogP contribution in [0.25, 0.3) is 0 Å². The van der Waals surface area contributed by atoms with Gasteiger partial charge < -0.3 is 5.32 Å². The summed E-state index contributed by atoms with van der Waals surface area (Å²) in [5, 5.41) is 3.82. The molecule has 18 heavy (non-hydrogen) atoms. The van der Waals surface area contributed by atoms with Gasteiger partial charge in [-0.05, 0) is 37.0 Å². The molecule has 0 fully saturated rings. The van der Waals surface area contributed by atoms with Crippen molar-refractivity contribution in [3.05, 3.63) is 28.5 Å². The summed E-state index contributed by atoms with van der Waals surface area (Å²) < 4.78 is 13.6. The van der Waals surface area contributed by atoms with Crippen LogP contribution >= 0.6 is 23.2 Å². The van der Waals surface area contributed by atoms with Gasteiger partial charge in [-0.25, -0.2) is 4.39 Å². The van der Waals surface area contributed by atoms with Crippen LogP contribution in [-0.2, 0) is 5.41 Å². The molecule has 1 aromatic carbocycles. The van der Waals surface area contributed by atoms with Crippen molar-refractivity contribution in [2.45, 2.75) is 38.0 Å². The predicted molar refractivity (Wildman–Crippen MR) is 76.4 cm³/mol. The third-order valence-electron chi connectivity index (χ3n) is 3.95. The van der Waals surface area contributed by atoms with E-state index in [0.717, 1.165) is 43.5 Å². The zero-order chi connectivity index (χ0) is 13.2. The van der Waals surface area contributed by atoms with Crippen molar-refractivity contribution >= 4 is 28.9 Å². The molecule has 1 atom stereocenters. The molecule has 0 amide bonds. The Bertz CT molecular complexity index is 436. The highest BCUT2D eigenvalue weighted by Crippen LogP contribution is 2.46. The van der Waals surface area contributed by atoms with E-state index in [2.05, 4.69) is 12.2 Å². The zero-order valence-corrected chi connectivity index (χ0v) is 12.0. The van der Waals surface area contributed by atoms with E-state index in [-0.39, 0.29) is 11.2 Å². The lowest BCUT2D eigenvalue weighted by molar-refractivity contribution is 0.401. The zero-order valence-electron chi connectivity index (χ0n) is 10.5. The van der Waals surface area contributed by atoms with Crippen LogP contribution in [-0.4, -0.2) is 12.4 Å². The van der Waals surface area contributed by atoms with Gasteiger partial charge in [0, 0.05) is 17.8 Å². The van der Waals surface area contributed by atoms with Gasteiger partial charge in [-0.3, -0.25) is 0 Å². The van der Waals surface area contributed by atoms with Crippen LogP contribution in [0.5, 0.6) is 0 Å². The molecule has 1 unspecified atom stereocenters. The van der Waals surface area contributed by atoms with Crippen molar-refractivity contribution in [3.63, 3.8) is 0 Å². The van der Waals surface area contributed by atoms with Gasteiger partial charge in [0.05, 0.1) is 10.7 Å². The number of alkyl halides is 1. The topological polar surface area (TPSA) is 12.0 Å². The first-order valence-electron chi connectivity index (χ1n) is 6.42. The fraction of sp³-hybridized carbons (Fsp3) is 0.571. The molecule has 0 aliphatic carbocycles. The average Bonchev–Trinajstić information content (AvgIpc) is 2.70. The minimum Gasteiger partial charge on any atom is -0.383 e. The van der Waals surface area contributed by atoms with Crippen molar-refractivity contribution in [3.8, 4) is 0 Å². The molecule has 0 radical (unpaired) electrons. The first-order valence-corrected chi connectivity index (χ1v) is 7.33. The molecule has 100 valence electrons. The lowest BCUT2D eigenvalue weighted by Gasteiger charge is -2.28. The number of fused-ring (bicyclic) bond motifs is 1. The molecular weight excluding hydrogens is 272 g/mol. The minimum absolute atomic E-state index is 0.00708. The first-order chi connectivity index (χ1) is 8.63. The van der Waals surface area contributed by atoms with Crippen molar-refractivity contribution < 1.29 is 4.39 Å². The van der Waals surface area contributed by atoms with Crippen LogP contribution in [0.1, 0.15) is 38.2 Å². The Hall–Kier alpha value is -0.470. The second-order valence-corrected chi connectivity index (χ2v) is 5.73. The SMILES string of the molecule is CCC1(CCCCCl)CNc2c(Cl)cc(F)cc21. The number of unbranched alkanes of at least 4 members (excludes halogenated alkanes) is 1. The van der Waals surface area contributed by atoms with Crippen molar-refractivity contribution in [1.29, 1.82) is 0 Å². The summed E-state index contributed by atoms with van der Waals surface area (Å²) >= 11 is 11.8. The molecule has 2 rings (SSSR count). The Morgan fingerprint density at radius 3 is 2.83 bits per heavy atom.